The second kappa shape index (κ2) is 6.65. The van der Waals surface area contributed by atoms with E-state index in [0.717, 1.165) is 25.2 Å². The predicted molar refractivity (Wildman–Crippen MR) is 73.0 cm³/mol. The zero-order valence-corrected chi connectivity index (χ0v) is 11.3. The summed E-state index contributed by atoms with van der Waals surface area (Å²) in [4.78, 5) is 2.19. The van der Waals surface area contributed by atoms with Crippen LogP contribution in [-0.4, -0.2) is 31.6 Å². The number of hydrogen-bond acceptors (Lipinski definition) is 3. The molecule has 0 unspecified atom stereocenters. The summed E-state index contributed by atoms with van der Waals surface area (Å²) in [5.41, 5.74) is 1.34. The van der Waals surface area contributed by atoms with Crippen LogP contribution in [0.25, 0.3) is 0 Å². The standard InChI is InChI=1S/C15H20FN3/c1-19(10-12-4-6-18-7-5-12)11-14-8-15(16)3-2-13(14)9-17/h2-3,8,12,18H,4-7,10-11H2,1H3. The van der Waals surface area contributed by atoms with Crippen LogP contribution in [0.4, 0.5) is 4.39 Å². The van der Waals surface area contributed by atoms with E-state index in [1.807, 2.05) is 7.05 Å². The Bertz CT molecular complexity index is 461. The van der Waals surface area contributed by atoms with Gasteiger partial charge in [0.05, 0.1) is 11.6 Å². The molecule has 4 heteroatoms. The molecular weight excluding hydrogens is 241 g/mol. The molecule has 1 aromatic rings. The first-order chi connectivity index (χ1) is 9.19. The molecule has 0 aromatic heterocycles. The number of halogens is 1. The molecule has 1 fully saturated rings. The van der Waals surface area contributed by atoms with Gasteiger partial charge in [-0.3, -0.25) is 0 Å². The van der Waals surface area contributed by atoms with Gasteiger partial charge >= 0.3 is 0 Å². The van der Waals surface area contributed by atoms with Crippen molar-refractivity contribution >= 4 is 0 Å². The molecule has 1 aliphatic rings. The minimum absolute atomic E-state index is 0.274. The van der Waals surface area contributed by atoms with E-state index in [0.29, 0.717) is 18.0 Å². The SMILES string of the molecule is CN(Cc1cc(F)ccc1C#N)CC1CCNCC1. The molecule has 0 amide bonds. The Labute approximate surface area is 114 Å². The molecular formula is C15H20FN3. The zero-order chi connectivity index (χ0) is 13.7. The van der Waals surface area contributed by atoms with Crippen molar-refractivity contribution in [1.29, 1.82) is 5.26 Å². The smallest absolute Gasteiger partial charge is 0.123 e. The van der Waals surface area contributed by atoms with Crippen molar-refractivity contribution in [3.05, 3.63) is 35.1 Å². The van der Waals surface area contributed by atoms with Gasteiger partial charge in [0.1, 0.15) is 5.82 Å². The van der Waals surface area contributed by atoms with Crippen LogP contribution in [0.2, 0.25) is 0 Å². The molecule has 19 heavy (non-hydrogen) atoms. The monoisotopic (exact) mass is 261 g/mol. The van der Waals surface area contributed by atoms with Gasteiger partial charge in [-0.25, -0.2) is 4.39 Å². The van der Waals surface area contributed by atoms with Crippen LogP contribution in [0, 0.1) is 23.1 Å². The van der Waals surface area contributed by atoms with Gasteiger partial charge < -0.3 is 10.2 Å². The Balaban J connectivity index is 1.96. The Morgan fingerprint density at radius 3 is 2.84 bits per heavy atom. The minimum Gasteiger partial charge on any atom is -0.317 e. The first-order valence-electron chi connectivity index (χ1n) is 6.77. The van der Waals surface area contributed by atoms with Gasteiger partial charge in [0.2, 0.25) is 0 Å². The molecule has 0 aliphatic carbocycles. The maximum atomic E-state index is 13.3. The van der Waals surface area contributed by atoms with Crippen molar-refractivity contribution in [1.82, 2.24) is 10.2 Å². The number of benzene rings is 1. The highest BCUT2D eigenvalue weighted by Gasteiger charge is 2.16. The van der Waals surface area contributed by atoms with Gasteiger partial charge in [-0.05, 0) is 62.7 Å². The molecule has 1 heterocycles. The van der Waals surface area contributed by atoms with Gasteiger partial charge in [-0.2, -0.15) is 5.26 Å². The highest BCUT2D eigenvalue weighted by atomic mass is 19.1. The second-order valence-electron chi connectivity index (χ2n) is 5.30. The van der Waals surface area contributed by atoms with E-state index in [1.54, 1.807) is 6.07 Å². The lowest BCUT2D eigenvalue weighted by molar-refractivity contribution is 0.234. The average Bonchev–Trinajstić information content (AvgIpc) is 2.40. The van der Waals surface area contributed by atoms with E-state index in [-0.39, 0.29) is 5.82 Å². The van der Waals surface area contributed by atoms with E-state index in [1.165, 1.54) is 25.0 Å². The lowest BCUT2D eigenvalue weighted by Gasteiger charge is -2.27. The summed E-state index contributed by atoms with van der Waals surface area (Å²) < 4.78 is 13.3. The summed E-state index contributed by atoms with van der Waals surface area (Å²) in [6, 6.07) is 6.50. The minimum atomic E-state index is -0.274. The molecule has 3 nitrogen and oxygen atoms in total. The van der Waals surface area contributed by atoms with Crippen molar-refractivity contribution in [2.24, 2.45) is 5.92 Å². The third-order valence-electron chi connectivity index (χ3n) is 3.66. The topological polar surface area (TPSA) is 39.1 Å². The largest absolute Gasteiger partial charge is 0.317 e. The van der Waals surface area contributed by atoms with E-state index in [9.17, 15) is 4.39 Å². The predicted octanol–water partition coefficient (Wildman–Crippen LogP) is 2.13. The lowest BCUT2D eigenvalue weighted by Crippen LogP contribution is -2.34. The summed E-state index contributed by atoms with van der Waals surface area (Å²) in [6.45, 7) is 3.80. The van der Waals surface area contributed by atoms with Crippen LogP contribution in [0.15, 0.2) is 18.2 Å². The fraction of sp³-hybridized carbons (Fsp3) is 0.533. The molecule has 1 saturated heterocycles. The molecule has 1 aliphatic heterocycles. The molecule has 102 valence electrons. The second-order valence-corrected chi connectivity index (χ2v) is 5.30. The Hall–Kier alpha value is -1.44. The molecule has 1 aromatic carbocycles. The molecule has 0 spiro atoms. The molecule has 0 bridgehead atoms. The van der Waals surface area contributed by atoms with Crippen LogP contribution < -0.4 is 5.32 Å². The zero-order valence-electron chi connectivity index (χ0n) is 11.3. The quantitative estimate of drug-likeness (QED) is 0.902. The fourth-order valence-corrected chi connectivity index (χ4v) is 2.66. The Morgan fingerprint density at radius 2 is 2.16 bits per heavy atom. The Morgan fingerprint density at radius 1 is 1.42 bits per heavy atom. The number of piperidine rings is 1. The van der Waals surface area contributed by atoms with E-state index < -0.39 is 0 Å². The Kier molecular flexibility index (Phi) is 4.89. The molecule has 0 atom stereocenters. The molecule has 0 radical (unpaired) electrons. The van der Waals surface area contributed by atoms with Crippen LogP contribution >= 0.6 is 0 Å². The van der Waals surface area contributed by atoms with E-state index in [2.05, 4.69) is 16.3 Å². The van der Waals surface area contributed by atoms with Gasteiger partial charge in [-0.1, -0.05) is 0 Å². The maximum absolute atomic E-state index is 13.3. The van der Waals surface area contributed by atoms with E-state index >= 15 is 0 Å². The van der Waals surface area contributed by atoms with Crippen LogP contribution in [0.3, 0.4) is 0 Å². The van der Waals surface area contributed by atoms with Crippen LogP contribution in [-0.2, 0) is 6.54 Å². The van der Waals surface area contributed by atoms with Gasteiger partial charge in [0.25, 0.3) is 0 Å². The molecule has 1 N–H and O–H groups in total. The number of nitrogens with one attached hydrogen (secondary N) is 1. The number of nitrogens with zero attached hydrogens (tertiary/aromatic N) is 2. The number of nitriles is 1. The summed E-state index contributed by atoms with van der Waals surface area (Å²) >= 11 is 0. The van der Waals surface area contributed by atoms with Crippen molar-refractivity contribution in [3.8, 4) is 6.07 Å². The first kappa shape index (κ1) is 14.0. The molecule has 2 rings (SSSR count). The maximum Gasteiger partial charge on any atom is 0.123 e. The highest BCUT2D eigenvalue weighted by Crippen LogP contribution is 2.16. The van der Waals surface area contributed by atoms with Crippen LogP contribution in [0.5, 0.6) is 0 Å². The third-order valence-corrected chi connectivity index (χ3v) is 3.66. The van der Waals surface area contributed by atoms with Gasteiger partial charge in [0.15, 0.2) is 0 Å². The fourth-order valence-electron chi connectivity index (χ4n) is 2.66. The summed E-state index contributed by atoms with van der Waals surface area (Å²) in [5.74, 6) is 0.426. The third kappa shape index (κ3) is 4.02. The van der Waals surface area contributed by atoms with E-state index in [4.69, 9.17) is 5.26 Å². The van der Waals surface area contributed by atoms with Crippen LogP contribution in [0.1, 0.15) is 24.0 Å². The van der Waals surface area contributed by atoms with Crippen molar-refractivity contribution in [2.75, 3.05) is 26.7 Å². The number of hydrogen-bond donors (Lipinski definition) is 1. The van der Waals surface area contributed by atoms with Crippen molar-refractivity contribution in [2.45, 2.75) is 19.4 Å². The molecule has 0 saturated carbocycles. The van der Waals surface area contributed by atoms with Crippen molar-refractivity contribution in [3.63, 3.8) is 0 Å². The summed E-state index contributed by atoms with van der Waals surface area (Å²) in [6.07, 6.45) is 2.39. The summed E-state index contributed by atoms with van der Waals surface area (Å²) in [7, 11) is 2.04. The normalized spacial score (nSPS) is 16.5. The first-order valence-corrected chi connectivity index (χ1v) is 6.77. The average molecular weight is 261 g/mol. The lowest BCUT2D eigenvalue weighted by atomic mass is 9.97. The van der Waals surface area contributed by atoms with Gasteiger partial charge in [0, 0.05) is 13.1 Å². The highest BCUT2D eigenvalue weighted by molar-refractivity contribution is 5.37. The summed E-state index contributed by atoms with van der Waals surface area (Å²) in [5, 5.41) is 12.4. The van der Waals surface area contributed by atoms with Gasteiger partial charge in [-0.15, -0.1) is 0 Å². The van der Waals surface area contributed by atoms with Crippen molar-refractivity contribution < 1.29 is 4.39 Å². The number of rotatable bonds is 4.